The number of phosphoric ester groups is 1. The standard InChI is InChI=1S/C23H48NO5P/c1-22(2)18-16-14-12-10-8-6-7-9-11-13-15-17-19-23(25)29-30(26,27)28-21-20-24(3,4)5/h22H,6-21H2,1-5H3. The number of phosphoric acid groups is 1. The van der Waals surface area contributed by atoms with Gasteiger partial charge in [0.25, 0.3) is 0 Å². The van der Waals surface area contributed by atoms with E-state index in [4.69, 9.17) is 4.52 Å². The zero-order chi connectivity index (χ0) is 22.9. The number of likely N-dealkylation sites (N-methyl/N-ethyl adjacent to an activating group) is 1. The zero-order valence-electron chi connectivity index (χ0n) is 20.3. The van der Waals surface area contributed by atoms with Gasteiger partial charge < -0.3 is 18.4 Å². The molecule has 0 aliphatic rings. The number of carbonyl (C=O) groups excluding carboxylic acids is 1. The first-order chi connectivity index (χ1) is 14.0. The minimum atomic E-state index is -4.54. The van der Waals surface area contributed by atoms with Crippen LogP contribution in [0.2, 0.25) is 0 Å². The quantitative estimate of drug-likeness (QED) is 0.133. The molecule has 0 aromatic rings. The number of hydrogen-bond acceptors (Lipinski definition) is 5. The molecular weight excluding hydrogens is 401 g/mol. The van der Waals surface area contributed by atoms with Crippen LogP contribution < -0.4 is 4.89 Å². The van der Waals surface area contributed by atoms with Crippen molar-refractivity contribution in [2.45, 2.75) is 104 Å². The highest BCUT2D eigenvalue weighted by Crippen LogP contribution is 2.38. The summed E-state index contributed by atoms with van der Waals surface area (Å²) in [6, 6.07) is 0. The first kappa shape index (κ1) is 29.6. The highest BCUT2D eigenvalue weighted by molar-refractivity contribution is 7.46. The third-order valence-electron chi connectivity index (χ3n) is 5.14. The molecule has 0 radical (unpaired) electrons. The molecule has 0 fully saturated rings. The smallest absolute Gasteiger partial charge is 0.322 e. The van der Waals surface area contributed by atoms with Gasteiger partial charge in [-0.1, -0.05) is 90.9 Å². The fourth-order valence-corrected chi connectivity index (χ4v) is 3.91. The van der Waals surface area contributed by atoms with Gasteiger partial charge in [-0.2, -0.15) is 0 Å². The van der Waals surface area contributed by atoms with Crippen molar-refractivity contribution in [3.63, 3.8) is 0 Å². The summed E-state index contributed by atoms with van der Waals surface area (Å²) >= 11 is 0. The summed E-state index contributed by atoms with van der Waals surface area (Å²) in [4.78, 5) is 23.3. The average Bonchev–Trinajstić information content (AvgIpc) is 2.59. The molecule has 30 heavy (non-hydrogen) atoms. The van der Waals surface area contributed by atoms with E-state index in [2.05, 4.69) is 18.4 Å². The average molecular weight is 450 g/mol. The fourth-order valence-electron chi connectivity index (χ4n) is 3.21. The molecule has 0 rings (SSSR count). The van der Waals surface area contributed by atoms with Crippen LogP contribution >= 0.6 is 7.82 Å². The molecule has 0 aromatic carbocycles. The van der Waals surface area contributed by atoms with Gasteiger partial charge in [0.1, 0.15) is 13.2 Å². The van der Waals surface area contributed by atoms with Gasteiger partial charge in [-0.15, -0.1) is 0 Å². The lowest BCUT2D eigenvalue weighted by Crippen LogP contribution is -2.37. The molecule has 0 heterocycles. The van der Waals surface area contributed by atoms with E-state index in [0.29, 0.717) is 17.4 Å². The normalized spacial score (nSPS) is 14.1. The third kappa shape index (κ3) is 22.3. The van der Waals surface area contributed by atoms with Crippen LogP contribution in [-0.4, -0.2) is 44.7 Å². The summed E-state index contributed by atoms with van der Waals surface area (Å²) in [6.07, 6.45) is 16.0. The predicted molar refractivity (Wildman–Crippen MR) is 122 cm³/mol. The maximum atomic E-state index is 11.7. The monoisotopic (exact) mass is 449 g/mol. The van der Waals surface area contributed by atoms with Crippen molar-refractivity contribution in [3.8, 4) is 0 Å². The van der Waals surface area contributed by atoms with Crippen LogP contribution in [0, 0.1) is 5.92 Å². The molecule has 1 unspecified atom stereocenters. The number of quaternary nitrogens is 1. The zero-order valence-corrected chi connectivity index (χ0v) is 21.2. The molecule has 1 atom stereocenters. The molecule has 0 aliphatic carbocycles. The van der Waals surface area contributed by atoms with E-state index < -0.39 is 13.8 Å². The Morgan fingerprint density at radius 2 is 1.27 bits per heavy atom. The van der Waals surface area contributed by atoms with Gasteiger partial charge >= 0.3 is 13.8 Å². The van der Waals surface area contributed by atoms with Crippen LogP contribution in [0.15, 0.2) is 0 Å². The number of hydrogen-bond donors (Lipinski definition) is 0. The third-order valence-corrected chi connectivity index (χ3v) is 6.06. The van der Waals surface area contributed by atoms with Crippen LogP contribution in [0.3, 0.4) is 0 Å². The fraction of sp³-hybridized carbons (Fsp3) is 0.957. The Kier molecular flexibility index (Phi) is 16.9. The molecule has 0 aromatic heterocycles. The van der Waals surface area contributed by atoms with Gasteiger partial charge in [-0.25, -0.2) is 0 Å². The number of nitrogens with zero attached hydrogens (tertiary/aromatic N) is 1. The van der Waals surface area contributed by atoms with Crippen molar-refractivity contribution in [2.24, 2.45) is 5.92 Å². The Hall–Kier alpha value is -0.420. The van der Waals surface area contributed by atoms with E-state index in [1.165, 1.54) is 64.2 Å². The highest BCUT2D eigenvalue weighted by Gasteiger charge is 2.17. The van der Waals surface area contributed by atoms with Gasteiger partial charge in [0.05, 0.1) is 21.1 Å². The minimum Gasteiger partial charge on any atom is -0.746 e. The first-order valence-corrected chi connectivity index (χ1v) is 13.5. The van der Waals surface area contributed by atoms with Crippen LogP contribution in [0.4, 0.5) is 0 Å². The maximum Gasteiger partial charge on any atom is 0.322 e. The molecule has 6 nitrogen and oxygen atoms in total. The molecular formula is C23H48NO5P. The molecule has 0 spiro atoms. The molecule has 7 heteroatoms. The SMILES string of the molecule is CC(C)CCCCCCCCCCCCCCC(=O)OP(=O)([O-])OCC[N+](C)(C)C. The summed E-state index contributed by atoms with van der Waals surface area (Å²) in [5, 5.41) is 0. The summed E-state index contributed by atoms with van der Waals surface area (Å²) in [5.41, 5.74) is 0. The summed E-state index contributed by atoms with van der Waals surface area (Å²) in [7, 11) is 1.26. The Morgan fingerprint density at radius 1 is 0.833 bits per heavy atom. The molecule has 0 saturated heterocycles. The van der Waals surface area contributed by atoms with Crippen LogP contribution in [-0.2, 0) is 18.4 Å². The van der Waals surface area contributed by atoms with E-state index in [0.717, 1.165) is 18.8 Å². The lowest BCUT2D eigenvalue weighted by atomic mass is 10.0. The molecule has 0 saturated carbocycles. The van der Waals surface area contributed by atoms with Crippen molar-refractivity contribution >= 4 is 13.8 Å². The predicted octanol–water partition coefficient (Wildman–Crippen LogP) is 5.84. The van der Waals surface area contributed by atoms with E-state index in [9.17, 15) is 14.3 Å². The number of carbonyl (C=O) groups is 1. The second-order valence-corrected chi connectivity index (χ2v) is 11.3. The molecule has 180 valence electrons. The Balaban J connectivity index is 3.47. The van der Waals surface area contributed by atoms with Gasteiger partial charge in [-0.05, 0) is 12.3 Å². The van der Waals surface area contributed by atoms with E-state index in [1.54, 1.807) is 0 Å². The lowest BCUT2D eigenvalue weighted by Gasteiger charge is -2.26. The van der Waals surface area contributed by atoms with Gasteiger partial charge in [0.2, 0.25) is 0 Å². The van der Waals surface area contributed by atoms with Gasteiger partial charge in [-0.3, -0.25) is 9.36 Å². The van der Waals surface area contributed by atoms with Crippen molar-refractivity contribution in [3.05, 3.63) is 0 Å². The molecule has 0 aliphatic heterocycles. The summed E-state index contributed by atoms with van der Waals surface area (Å²) in [6.45, 7) is 5.11. The minimum absolute atomic E-state index is 0.00962. The van der Waals surface area contributed by atoms with Crippen LogP contribution in [0.5, 0.6) is 0 Å². The Morgan fingerprint density at radius 3 is 1.70 bits per heavy atom. The van der Waals surface area contributed by atoms with Crippen LogP contribution in [0.1, 0.15) is 104 Å². The number of unbranched alkanes of at least 4 members (excludes halogenated alkanes) is 11. The van der Waals surface area contributed by atoms with Crippen molar-refractivity contribution in [1.29, 1.82) is 0 Å². The lowest BCUT2D eigenvalue weighted by molar-refractivity contribution is -0.870. The van der Waals surface area contributed by atoms with E-state index >= 15 is 0 Å². The van der Waals surface area contributed by atoms with Gasteiger partial charge in [0.15, 0.2) is 0 Å². The topological polar surface area (TPSA) is 75.7 Å². The highest BCUT2D eigenvalue weighted by atomic mass is 31.2. The summed E-state index contributed by atoms with van der Waals surface area (Å²) in [5.74, 6) is 0.118. The van der Waals surface area contributed by atoms with E-state index in [1.807, 2.05) is 21.1 Å². The van der Waals surface area contributed by atoms with Crippen molar-refractivity contribution < 1.29 is 27.8 Å². The van der Waals surface area contributed by atoms with Crippen LogP contribution in [0.25, 0.3) is 0 Å². The Labute approximate surface area is 185 Å². The van der Waals surface area contributed by atoms with Crippen molar-refractivity contribution in [1.82, 2.24) is 0 Å². The first-order valence-electron chi connectivity index (χ1n) is 12.0. The number of rotatable bonds is 20. The second-order valence-electron chi connectivity index (χ2n) is 9.93. The largest absolute Gasteiger partial charge is 0.746 e. The molecule has 0 N–H and O–H groups in total. The maximum absolute atomic E-state index is 11.7. The van der Waals surface area contributed by atoms with Crippen molar-refractivity contribution in [2.75, 3.05) is 34.3 Å². The molecule has 0 amide bonds. The van der Waals surface area contributed by atoms with Gasteiger partial charge in [0, 0.05) is 6.42 Å². The summed E-state index contributed by atoms with van der Waals surface area (Å²) < 4.78 is 21.5. The Bertz CT molecular complexity index is 477. The second kappa shape index (κ2) is 17.2. The molecule has 0 bridgehead atoms. The van der Waals surface area contributed by atoms with E-state index in [-0.39, 0.29) is 13.0 Å².